The normalized spacial score (nSPS) is 10.5. The number of nitrogens with one attached hydrogen (secondary N) is 1. The Bertz CT molecular complexity index is 613. The van der Waals surface area contributed by atoms with Gasteiger partial charge in [0.2, 0.25) is 0 Å². The Morgan fingerprint density at radius 3 is 2.90 bits per heavy atom. The fraction of sp³-hybridized carbons (Fsp3) is 0.375. The number of unbranched alkanes of at least 4 members (excludes halogenated alkanes) is 3. The SMILES string of the molecule is CCCCCCOc1ccc2ncc(NC(N)=O)cc2c1. The standard InChI is InChI=1S/C16H21N3O2/c1-2-3-4-5-8-21-14-6-7-15-12(10-14)9-13(11-18-15)19-16(17)20/h6-7,9-11H,2-5,8H2,1H3,(H3,17,19,20). The summed E-state index contributed by atoms with van der Waals surface area (Å²) < 4.78 is 5.74. The molecule has 1 heterocycles. The van der Waals surface area contributed by atoms with E-state index in [2.05, 4.69) is 17.2 Å². The second kappa shape index (κ2) is 7.47. The smallest absolute Gasteiger partial charge is 0.316 e. The number of rotatable bonds is 7. The van der Waals surface area contributed by atoms with E-state index in [-0.39, 0.29) is 0 Å². The molecule has 0 atom stereocenters. The molecule has 0 saturated heterocycles. The summed E-state index contributed by atoms with van der Waals surface area (Å²) in [7, 11) is 0. The molecule has 21 heavy (non-hydrogen) atoms. The van der Waals surface area contributed by atoms with Crippen molar-refractivity contribution in [2.24, 2.45) is 5.73 Å². The van der Waals surface area contributed by atoms with Crippen molar-refractivity contribution < 1.29 is 9.53 Å². The molecule has 3 N–H and O–H groups in total. The topological polar surface area (TPSA) is 77.2 Å². The number of aromatic nitrogens is 1. The van der Waals surface area contributed by atoms with E-state index in [1.165, 1.54) is 19.3 Å². The molecule has 0 saturated carbocycles. The van der Waals surface area contributed by atoms with Gasteiger partial charge in [-0.05, 0) is 30.7 Å². The largest absolute Gasteiger partial charge is 0.494 e. The lowest BCUT2D eigenvalue weighted by Gasteiger charge is -2.08. The van der Waals surface area contributed by atoms with Crippen LogP contribution in [0.1, 0.15) is 32.6 Å². The van der Waals surface area contributed by atoms with Crippen LogP contribution in [0.25, 0.3) is 10.9 Å². The number of hydrogen-bond acceptors (Lipinski definition) is 3. The highest BCUT2D eigenvalue weighted by molar-refractivity contribution is 5.91. The van der Waals surface area contributed by atoms with Gasteiger partial charge in [0.15, 0.2) is 0 Å². The minimum atomic E-state index is -0.598. The van der Waals surface area contributed by atoms with Gasteiger partial charge in [-0.3, -0.25) is 4.98 Å². The Hall–Kier alpha value is -2.30. The number of anilines is 1. The molecular formula is C16H21N3O2. The summed E-state index contributed by atoms with van der Waals surface area (Å²) in [6, 6.07) is 6.98. The Morgan fingerprint density at radius 1 is 1.29 bits per heavy atom. The Labute approximate surface area is 124 Å². The van der Waals surface area contributed by atoms with Crippen molar-refractivity contribution in [2.75, 3.05) is 11.9 Å². The number of benzene rings is 1. The maximum Gasteiger partial charge on any atom is 0.316 e. The molecule has 1 aromatic carbocycles. The zero-order valence-corrected chi connectivity index (χ0v) is 12.3. The number of pyridine rings is 1. The van der Waals surface area contributed by atoms with E-state index in [1.807, 2.05) is 24.3 Å². The lowest BCUT2D eigenvalue weighted by molar-refractivity contribution is 0.259. The van der Waals surface area contributed by atoms with Crippen LogP contribution in [0.2, 0.25) is 0 Å². The molecule has 1 aromatic heterocycles. The highest BCUT2D eigenvalue weighted by atomic mass is 16.5. The molecule has 5 nitrogen and oxygen atoms in total. The predicted molar refractivity (Wildman–Crippen MR) is 84.6 cm³/mol. The molecule has 2 rings (SSSR count). The molecule has 0 unspecified atom stereocenters. The van der Waals surface area contributed by atoms with Crippen molar-refractivity contribution in [2.45, 2.75) is 32.6 Å². The molecule has 0 spiro atoms. The Balaban J connectivity index is 2.03. The first-order valence-corrected chi connectivity index (χ1v) is 7.28. The van der Waals surface area contributed by atoms with Gasteiger partial charge in [-0.2, -0.15) is 0 Å². The summed E-state index contributed by atoms with van der Waals surface area (Å²) in [5.41, 5.74) is 6.53. The third kappa shape index (κ3) is 4.63. The first kappa shape index (κ1) is 15.1. The van der Waals surface area contributed by atoms with Gasteiger partial charge in [0.25, 0.3) is 0 Å². The fourth-order valence-corrected chi connectivity index (χ4v) is 2.13. The molecule has 0 aliphatic heterocycles. The van der Waals surface area contributed by atoms with Crippen molar-refractivity contribution in [3.05, 3.63) is 30.5 Å². The van der Waals surface area contributed by atoms with Crippen LogP contribution in [-0.2, 0) is 0 Å². The van der Waals surface area contributed by atoms with E-state index < -0.39 is 6.03 Å². The molecular weight excluding hydrogens is 266 g/mol. The monoisotopic (exact) mass is 287 g/mol. The van der Waals surface area contributed by atoms with E-state index in [0.29, 0.717) is 5.69 Å². The van der Waals surface area contributed by atoms with Gasteiger partial charge in [-0.15, -0.1) is 0 Å². The summed E-state index contributed by atoms with van der Waals surface area (Å²) in [6.45, 7) is 2.91. The maximum absolute atomic E-state index is 10.9. The van der Waals surface area contributed by atoms with Gasteiger partial charge in [0.05, 0.1) is 24.0 Å². The number of amides is 2. The van der Waals surface area contributed by atoms with Crippen molar-refractivity contribution in [1.29, 1.82) is 0 Å². The summed E-state index contributed by atoms with van der Waals surface area (Å²) in [5, 5.41) is 3.43. The molecule has 0 radical (unpaired) electrons. The zero-order chi connectivity index (χ0) is 15.1. The third-order valence-electron chi connectivity index (χ3n) is 3.19. The number of ether oxygens (including phenoxy) is 1. The number of nitrogens with zero attached hydrogens (tertiary/aromatic N) is 1. The van der Waals surface area contributed by atoms with E-state index >= 15 is 0 Å². The van der Waals surface area contributed by atoms with Crippen LogP contribution >= 0.6 is 0 Å². The Kier molecular flexibility index (Phi) is 5.37. The van der Waals surface area contributed by atoms with Crippen LogP contribution in [0.5, 0.6) is 5.75 Å². The van der Waals surface area contributed by atoms with Crippen LogP contribution < -0.4 is 15.8 Å². The van der Waals surface area contributed by atoms with E-state index in [1.54, 1.807) is 6.20 Å². The average Bonchev–Trinajstić information content (AvgIpc) is 2.46. The number of fused-ring (bicyclic) bond motifs is 1. The number of hydrogen-bond donors (Lipinski definition) is 2. The first-order chi connectivity index (χ1) is 10.2. The van der Waals surface area contributed by atoms with Gasteiger partial charge >= 0.3 is 6.03 Å². The van der Waals surface area contributed by atoms with Crippen LogP contribution in [0.15, 0.2) is 30.5 Å². The predicted octanol–water partition coefficient (Wildman–Crippen LogP) is 3.68. The fourth-order valence-electron chi connectivity index (χ4n) is 2.13. The lowest BCUT2D eigenvalue weighted by Crippen LogP contribution is -2.19. The number of urea groups is 1. The van der Waals surface area contributed by atoms with E-state index in [4.69, 9.17) is 10.5 Å². The molecule has 5 heteroatoms. The molecule has 0 fully saturated rings. The van der Waals surface area contributed by atoms with Gasteiger partial charge in [0.1, 0.15) is 5.75 Å². The molecule has 0 bridgehead atoms. The number of carbonyl (C=O) groups is 1. The Morgan fingerprint density at radius 2 is 2.14 bits per heavy atom. The van der Waals surface area contributed by atoms with Crippen molar-refractivity contribution in [1.82, 2.24) is 4.98 Å². The molecule has 2 aromatic rings. The average molecular weight is 287 g/mol. The van der Waals surface area contributed by atoms with E-state index in [0.717, 1.165) is 29.7 Å². The highest BCUT2D eigenvalue weighted by Crippen LogP contribution is 2.22. The van der Waals surface area contributed by atoms with Crippen molar-refractivity contribution in [3.63, 3.8) is 0 Å². The second-order valence-electron chi connectivity index (χ2n) is 4.98. The third-order valence-corrected chi connectivity index (χ3v) is 3.19. The highest BCUT2D eigenvalue weighted by Gasteiger charge is 2.02. The molecule has 112 valence electrons. The maximum atomic E-state index is 10.9. The molecule has 2 amide bonds. The van der Waals surface area contributed by atoms with E-state index in [9.17, 15) is 4.79 Å². The minimum Gasteiger partial charge on any atom is -0.494 e. The zero-order valence-electron chi connectivity index (χ0n) is 12.3. The first-order valence-electron chi connectivity index (χ1n) is 7.28. The minimum absolute atomic E-state index is 0.579. The van der Waals surface area contributed by atoms with Crippen LogP contribution in [0, 0.1) is 0 Å². The second-order valence-corrected chi connectivity index (χ2v) is 4.98. The van der Waals surface area contributed by atoms with Crippen LogP contribution in [0.4, 0.5) is 10.5 Å². The van der Waals surface area contributed by atoms with Gasteiger partial charge in [-0.1, -0.05) is 26.2 Å². The summed E-state index contributed by atoms with van der Waals surface area (Å²) in [5.74, 6) is 0.817. The molecule has 0 aliphatic carbocycles. The van der Waals surface area contributed by atoms with Crippen molar-refractivity contribution in [3.8, 4) is 5.75 Å². The summed E-state index contributed by atoms with van der Waals surface area (Å²) >= 11 is 0. The van der Waals surface area contributed by atoms with Gasteiger partial charge < -0.3 is 15.8 Å². The van der Waals surface area contributed by atoms with Gasteiger partial charge in [-0.25, -0.2) is 4.79 Å². The van der Waals surface area contributed by atoms with Gasteiger partial charge in [0, 0.05) is 5.39 Å². The number of carbonyl (C=O) groups excluding carboxylic acids is 1. The number of nitrogens with two attached hydrogens (primary N) is 1. The summed E-state index contributed by atoms with van der Waals surface area (Å²) in [6.07, 6.45) is 6.30. The molecule has 0 aliphatic rings. The van der Waals surface area contributed by atoms with Crippen molar-refractivity contribution >= 4 is 22.6 Å². The quantitative estimate of drug-likeness (QED) is 0.762. The number of primary amides is 1. The summed E-state index contributed by atoms with van der Waals surface area (Å²) in [4.78, 5) is 15.1. The van der Waals surface area contributed by atoms with Crippen LogP contribution in [0.3, 0.4) is 0 Å². The lowest BCUT2D eigenvalue weighted by atomic mass is 10.2. The van der Waals surface area contributed by atoms with Crippen LogP contribution in [-0.4, -0.2) is 17.6 Å².